The Bertz CT molecular complexity index is 379. The summed E-state index contributed by atoms with van der Waals surface area (Å²) in [5, 5.41) is 10.4. The quantitative estimate of drug-likeness (QED) is 0.302. The number of benzene rings is 1. The topological polar surface area (TPSA) is 106 Å². The predicted octanol–water partition coefficient (Wildman–Crippen LogP) is -0.973. The van der Waals surface area contributed by atoms with Gasteiger partial charge in [0.1, 0.15) is 0 Å². The first-order valence-corrected chi connectivity index (χ1v) is 6.14. The Morgan fingerprint density at radius 1 is 1.54 bits per heavy atom. The van der Waals surface area contributed by atoms with Crippen LogP contribution < -0.4 is 10.1 Å². The molecule has 0 aliphatic heterocycles. The van der Waals surface area contributed by atoms with Gasteiger partial charge in [0.15, 0.2) is 0 Å². The number of nitrogen functional groups attached to an aromatic ring is 1. The number of hydrogen-bond acceptors (Lipinski definition) is 4. The molecule has 0 saturated carbocycles. The van der Waals surface area contributed by atoms with Gasteiger partial charge in [0.2, 0.25) is 0 Å². The molecule has 0 heterocycles. The Hall–Kier alpha value is -1.26. The van der Waals surface area contributed by atoms with Crippen LogP contribution in [0.2, 0.25) is 0 Å². The van der Waals surface area contributed by atoms with Gasteiger partial charge in [-0.15, -0.1) is 0 Å². The average Bonchev–Trinajstić information content (AvgIpc) is 2.04. The summed E-state index contributed by atoms with van der Waals surface area (Å²) in [7, 11) is 0. The van der Waals surface area contributed by atoms with Gasteiger partial charge >= 0.3 is 77.5 Å². The molecule has 0 spiro atoms. The van der Waals surface area contributed by atoms with E-state index in [1.165, 1.54) is 12.1 Å². The van der Waals surface area contributed by atoms with Crippen LogP contribution in [0.15, 0.2) is 18.2 Å². The van der Waals surface area contributed by atoms with E-state index >= 15 is 0 Å². The fourth-order valence-corrected chi connectivity index (χ4v) is 1.85. The third kappa shape index (κ3) is 2.10. The van der Waals surface area contributed by atoms with Crippen molar-refractivity contribution in [3.63, 3.8) is 0 Å². The van der Waals surface area contributed by atoms with Gasteiger partial charge in [-0.1, -0.05) is 0 Å². The first kappa shape index (κ1) is 9.82. The number of hydrogen-bond donors (Lipinski definition) is 2. The van der Waals surface area contributed by atoms with E-state index in [0.29, 0.717) is 0 Å². The van der Waals surface area contributed by atoms with Crippen LogP contribution in [0.1, 0.15) is 0 Å². The number of nitro benzene ring substituents is 1. The van der Waals surface area contributed by atoms with Crippen LogP contribution in [-0.2, 0) is 3.74 Å². The van der Waals surface area contributed by atoms with Gasteiger partial charge < -0.3 is 0 Å². The van der Waals surface area contributed by atoms with E-state index in [9.17, 15) is 13.9 Å². The zero-order chi connectivity index (χ0) is 10.0. The van der Waals surface area contributed by atoms with Gasteiger partial charge in [0.05, 0.1) is 0 Å². The molecule has 0 bridgehead atoms. The van der Waals surface area contributed by atoms with E-state index in [0.717, 1.165) is 6.07 Å². The maximum atomic E-state index is 10.7. The second-order valence-corrected chi connectivity index (χ2v) is 4.83. The molecule has 0 fully saturated rings. The fraction of sp³-hybridized carbons (Fsp3) is 0. The molecule has 6 nitrogen and oxygen atoms in total. The summed E-state index contributed by atoms with van der Waals surface area (Å²) < 4.78 is 19.5. The normalized spacial score (nSPS) is 12.4. The van der Waals surface area contributed by atoms with Gasteiger partial charge in [-0.05, 0) is 0 Å². The summed E-state index contributed by atoms with van der Waals surface area (Å²) in [6.45, 7) is 0. The van der Waals surface area contributed by atoms with Crippen LogP contribution in [0.3, 0.4) is 0 Å². The van der Waals surface area contributed by atoms with Crippen molar-refractivity contribution in [2.24, 2.45) is 0 Å². The second-order valence-electron chi connectivity index (χ2n) is 2.34. The van der Waals surface area contributed by atoms with E-state index in [2.05, 4.69) is 0 Å². The van der Waals surface area contributed by atoms with Gasteiger partial charge in [-0.3, -0.25) is 0 Å². The predicted molar refractivity (Wildman–Crippen MR) is 47.2 cm³/mol. The zero-order valence-electron chi connectivity index (χ0n) is 6.43. The number of anilines is 1. The van der Waals surface area contributed by atoms with Gasteiger partial charge in [-0.25, -0.2) is 0 Å². The monoisotopic (exact) mass is 246 g/mol. The summed E-state index contributed by atoms with van der Waals surface area (Å²) in [5.74, 6) is 0. The van der Waals surface area contributed by atoms with E-state index < -0.39 is 19.9 Å². The standard InChI is InChI=1S/C6H7AsN2O4/c8-5-2-1-4(7(10)11)3-6(5)9(12)13/h1-3,7H,8H2,(H,10,11). The molecule has 0 saturated heterocycles. The third-order valence-corrected chi connectivity index (χ3v) is 3.16. The van der Waals surface area contributed by atoms with Crippen LogP contribution in [0.5, 0.6) is 0 Å². The minimum absolute atomic E-state index is 0.00630. The van der Waals surface area contributed by atoms with E-state index in [4.69, 9.17) is 9.83 Å². The van der Waals surface area contributed by atoms with Crippen LogP contribution in [0.4, 0.5) is 11.4 Å². The maximum absolute atomic E-state index is 10.7. The molecule has 1 aromatic rings. The molecule has 1 unspecified atom stereocenters. The molecule has 1 rings (SSSR count). The summed E-state index contributed by atoms with van der Waals surface area (Å²) in [5.41, 5.74) is 4.95. The van der Waals surface area contributed by atoms with Crippen LogP contribution in [-0.4, -0.2) is 24.0 Å². The molecule has 70 valence electrons. The summed E-state index contributed by atoms with van der Waals surface area (Å²) in [6, 6.07) is 3.62. The van der Waals surface area contributed by atoms with Crippen molar-refractivity contribution in [1.82, 2.24) is 0 Å². The summed E-state index contributed by atoms with van der Waals surface area (Å²) in [4.78, 5) is 9.68. The Morgan fingerprint density at radius 2 is 2.15 bits per heavy atom. The fourth-order valence-electron chi connectivity index (χ4n) is 0.835. The Kier molecular flexibility index (Phi) is 2.75. The van der Waals surface area contributed by atoms with Crippen molar-refractivity contribution in [2.75, 3.05) is 5.73 Å². The first-order valence-electron chi connectivity index (χ1n) is 3.29. The number of nitro groups is 1. The molecule has 13 heavy (non-hydrogen) atoms. The van der Waals surface area contributed by atoms with Crippen LogP contribution >= 0.6 is 0 Å². The van der Waals surface area contributed by atoms with E-state index in [-0.39, 0.29) is 15.7 Å². The van der Waals surface area contributed by atoms with Crippen molar-refractivity contribution < 1.29 is 12.8 Å². The number of nitrogens with two attached hydrogens (primary N) is 1. The van der Waals surface area contributed by atoms with Crippen molar-refractivity contribution in [3.05, 3.63) is 28.3 Å². The zero-order valence-corrected chi connectivity index (χ0v) is 8.53. The number of rotatable bonds is 2. The summed E-state index contributed by atoms with van der Waals surface area (Å²) >= 11 is -3.48. The van der Waals surface area contributed by atoms with E-state index in [1.807, 2.05) is 0 Å². The Labute approximate surface area is 78.0 Å². The molecular formula is C6H7AsN2O4. The van der Waals surface area contributed by atoms with Gasteiger partial charge in [0.25, 0.3) is 0 Å². The third-order valence-electron chi connectivity index (χ3n) is 1.47. The molecule has 1 atom stereocenters. The summed E-state index contributed by atoms with van der Waals surface area (Å²) in [6.07, 6.45) is 0. The molecule has 0 amide bonds. The van der Waals surface area contributed by atoms with E-state index in [1.54, 1.807) is 0 Å². The Balaban J connectivity index is 3.27. The molecule has 7 heteroatoms. The van der Waals surface area contributed by atoms with Crippen LogP contribution in [0, 0.1) is 10.1 Å². The SMILES string of the molecule is Nc1ccc([AsH](=O)O)cc1[N+](=O)[O-]. The molecule has 3 N–H and O–H groups in total. The first-order chi connectivity index (χ1) is 6.02. The second kappa shape index (κ2) is 3.63. The van der Waals surface area contributed by atoms with Crippen molar-refractivity contribution in [1.29, 1.82) is 0 Å². The molecular weight excluding hydrogens is 239 g/mol. The van der Waals surface area contributed by atoms with Crippen LogP contribution in [0.25, 0.3) is 0 Å². The molecule has 1 aromatic carbocycles. The minimum atomic E-state index is -3.48. The molecule has 0 aliphatic carbocycles. The number of nitrogens with zero attached hydrogens (tertiary/aromatic N) is 1. The van der Waals surface area contributed by atoms with Gasteiger partial charge in [0, 0.05) is 0 Å². The Morgan fingerprint density at radius 3 is 2.62 bits per heavy atom. The van der Waals surface area contributed by atoms with Crippen molar-refractivity contribution in [2.45, 2.75) is 0 Å². The van der Waals surface area contributed by atoms with Crippen molar-refractivity contribution >= 4 is 30.7 Å². The molecule has 0 aromatic heterocycles. The molecule has 0 aliphatic rings. The van der Waals surface area contributed by atoms with Crippen molar-refractivity contribution in [3.8, 4) is 0 Å². The van der Waals surface area contributed by atoms with Gasteiger partial charge in [-0.2, -0.15) is 0 Å². The molecule has 0 radical (unpaired) electrons. The average molecular weight is 246 g/mol.